The molecule has 3 atom stereocenters. The third-order valence-electron chi connectivity index (χ3n) is 9.22. The van der Waals surface area contributed by atoms with E-state index in [1.54, 1.807) is 6.07 Å². The van der Waals surface area contributed by atoms with Gasteiger partial charge in [-0.1, -0.05) is 29.8 Å². The topological polar surface area (TPSA) is 102 Å². The molecule has 1 aromatic heterocycles. The van der Waals surface area contributed by atoms with E-state index in [1.807, 2.05) is 25.3 Å². The van der Waals surface area contributed by atoms with Crippen molar-refractivity contribution in [1.29, 1.82) is 0 Å². The summed E-state index contributed by atoms with van der Waals surface area (Å²) in [7, 11) is 2.02. The number of hydrogen-bond acceptors (Lipinski definition) is 7. The molecule has 2 heterocycles. The first-order valence-electron chi connectivity index (χ1n) is 14.4. The third kappa shape index (κ3) is 5.06. The number of benzene rings is 1. The standard InChI is InChI=1S/C31H36ClN3O5/c1-34-14-11-22(16-34)40-30(39)21-7-8-24-26(15-21)35(29(38)27-23(19-5-6-19)3-2-4-25(27)32)33-28(24)20-9-12-31(17-36,18-37)13-10-20/h2-4,9,17,19,21-22,37H,5-8,10-16,18H2,1H3. The van der Waals surface area contributed by atoms with Crippen LogP contribution in [0.15, 0.2) is 24.3 Å². The van der Waals surface area contributed by atoms with Crippen LogP contribution in [0.3, 0.4) is 0 Å². The highest BCUT2D eigenvalue weighted by Crippen LogP contribution is 2.44. The van der Waals surface area contributed by atoms with Crippen molar-refractivity contribution in [1.82, 2.24) is 14.7 Å². The summed E-state index contributed by atoms with van der Waals surface area (Å²) in [6.45, 7) is 1.46. The summed E-state index contributed by atoms with van der Waals surface area (Å²) in [5.41, 5.74) is 4.13. The Balaban J connectivity index is 1.36. The van der Waals surface area contributed by atoms with Crippen LogP contribution < -0.4 is 0 Å². The van der Waals surface area contributed by atoms with E-state index < -0.39 is 5.41 Å². The van der Waals surface area contributed by atoms with E-state index in [0.29, 0.717) is 55.0 Å². The Morgan fingerprint density at radius 2 is 2.05 bits per heavy atom. The monoisotopic (exact) mass is 565 g/mol. The summed E-state index contributed by atoms with van der Waals surface area (Å²) in [5, 5.41) is 15.1. The molecule has 1 saturated carbocycles. The van der Waals surface area contributed by atoms with Crippen LogP contribution >= 0.6 is 11.6 Å². The number of halogens is 1. The van der Waals surface area contributed by atoms with Crippen molar-refractivity contribution >= 4 is 35.3 Å². The summed E-state index contributed by atoms with van der Waals surface area (Å²) < 4.78 is 7.37. The van der Waals surface area contributed by atoms with Crippen molar-refractivity contribution in [2.24, 2.45) is 11.3 Å². The molecular weight excluding hydrogens is 530 g/mol. The van der Waals surface area contributed by atoms with E-state index in [-0.39, 0.29) is 30.5 Å². The number of aldehydes is 1. The van der Waals surface area contributed by atoms with Crippen molar-refractivity contribution in [3.8, 4) is 0 Å². The molecule has 40 heavy (non-hydrogen) atoms. The zero-order chi connectivity index (χ0) is 28.0. The first-order valence-corrected chi connectivity index (χ1v) is 14.8. The summed E-state index contributed by atoms with van der Waals surface area (Å²) in [6.07, 6.45) is 8.78. The Kier molecular flexibility index (Phi) is 7.44. The van der Waals surface area contributed by atoms with Gasteiger partial charge in [-0.15, -0.1) is 0 Å². The molecule has 3 unspecified atom stereocenters. The van der Waals surface area contributed by atoms with E-state index in [0.717, 1.165) is 66.7 Å². The van der Waals surface area contributed by atoms with Gasteiger partial charge >= 0.3 is 5.97 Å². The number of nitrogens with zero attached hydrogens (tertiary/aromatic N) is 3. The molecule has 1 aliphatic heterocycles. The van der Waals surface area contributed by atoms with Gasteiger partial charge in [-0.05, 0) is 81.5 Å². The van der Waals surface area contributed by atoms with Crippen molar-refractivity contribution in [3.63, 3.8) is 0 Å². The Hall–Kier alpha value is -2.81. The lowest BCUT2D eigenvalue weighted by Crippen LogP contribution is -2.31. The van der Waals surface area contributed by atoms with Crippen LogP contribution in [0.1, 0.15) is 83.7 Å². The highest BCUT2D eigenvalue weighted by atomic mass is 35.5. The minimum absolute atomic E-state index is 0.0952. The van der Waals surface area contributed by atoms with Gasteiger partial charge in [0, 0.05) is 25.1 Å². The van der Waals surface area contributed by atoms with Gasteiger partial charge < -0.3 is 19.5 Å². The number of carbonyl (C=O) groups excluding carboxylic acids is 3. The average molecular weight is 566 g/mol. The molecule has 0 amide bonds. The normalized spacial score (nSPS) is 26.7. The second kappa shape index (κ2) is 10.9. The molecule has 1 saturated heterocycles. The number of rotatable bonds is 7. The number of allylic oxidation sites excluding steroid dienone is 2. The minimum Gasteiger partial charge on any atom is -0.461 e. The Bertz CT molecular complexity index is 1380. The maximum Gasteiger partial charge on any atom is 0.309 e. The molecule has 8 nitrogen and oxygen atoms in total. The van der Waals surface area contributed by atoms with Crippen molar-refractivity contribution in [2.45, 2.75) is 69.8 Å². The zero-order valence-electron chi connectivity index (χ0n) is 22.9. The molecule has 212 valence electrons. The van der Waals surface area contributed by atoms with Gasteiger partial charge in [0.1, 0.15) is 12.4 Å². The molecule has 0 radical (unpaired) electrons. The van der Waals surface area contributed by atoms with E-state index in [2.05, 4.69) is 4.90 Å². The number of likely N-dealkylation sites (N-methyl/N-ethyl adjacent to an activating group) is 1. The lowest BCUT2D eigenvalue weighted by Gasteiger charge is -2.29. The van der Waals surface area contributed by atoms with Crippen LogP contribution in [-0.2, 0) is 27.2 Å². The van der Waals surface area contributed by atoms with Gasteiger partial charge in [-0.25, -0.2) is 0 Å². The molecule has 2 aromatic rings. The van der Waals surface area contributed by atoms with E-state index in [4.69, 9.17) is 21.4 Å². The number of ether oxygens (including phenoxy) is 1. The van der Waals surface area contributed by atoms with Crippen LogP contribution in [0.25, 0.3) is 5.57 Å². The summed E-state index contributed by atoms with van der Waals surface area (Å²) >= 11 is 6.63. The number of fused-ring (bicyclic) bond motifs is 1. The molecular formula is C31H36ClN3O5. The van der Waals surface area contributed by atoms with Crippen LogP contribution in [0.2, 0.25) is 5.02 Å². The highest BCUT2D eigenvalue weighted by Gasteiger charge is 2.38. The van der Waals surface area contributed by atoms with Crippen LogP contribution in [0, 0.1) is 11.3 Å². The van der Waals surface area contributed by atoms with Gasteiger partial charge in [0.25, 0.3) is 5.91 Å². The summed E-state index contributed by atoms with van der Waals surface area (Å²) in [4.78, 5) is 41.3. The average Bonchev–Trinajstić information content (AvgIpc) is 3.64. The van der Waals surface area contributed by atoms with E-state index in [1.165, 1.54) is 4.68 Å². The Morgan fingerprint density at radius 3 is 2.70 bits per heavy atom. The number of hydrogen-bond donors (Lipinski definition) is 1. The molecule has 6 rings (SSSR count). The number of likely N-dealkylation sites (tertiary alicyclic amines) is 1. The Morgan fingerprint density at radius 1 is 1.23 bits per heavy atom. The minimum atomic E-state index is -0.762. The lowest BCUT2D eigenvalue weighted by molar-refractivity contribution is -0.153. The van der Waals surface area contributed by atoms with Gasteiger partial charge in [0.15, 0.2) is 0 Å². The number of aliphatic hydroxyl groups excluding tert-OH is 1. The Labute approximate surface area is 239 Å². The van der Waals surface area contributed by atoms with E-state index in [9.17, 15) is 19.5 Å². The van der Waals surface area contributed by atoms with Crippen LogP contribution in [0.4, 0.5) is 0 Å². The molecule has 0 bridgehead atoms. The van der Waals surface area contributed by atoms with Crippen molar-refractivity contribution in [3.05, 3.63) is 57.4 Å². The molecule has 9 heteroatoms. The fourth-order valence-electron chi connectivity index (χ4n) is 6.51. The van der Waals surface area contributed by atoms with Gasteiger partial charge in [0.05, 0.1) is 39.9 Å². The predicted molar refractivity (Wildman–Crippen MR) is 150 cm³/mol. The fraction of sp³-hybridized carbons (Fsp3) is 0.548. The smallest absolute Gasteiger partial charge is 0.309 e. The molecule has 1 aromatic carbocycles. The quantitative estimate of drug-likeness (QED) is 0.396. The molecule has 3 aliphatic carbocycles. The second-order valence-corrected chi connectivity index (χ2v) is 12.5. The largest absolute Gasteiger partial charge is 0.461 e. The van der Waals surface area contributed by atoms with Crippen LogP contribution in [0.5, 0.6) is 0 Å². The van der Waals surface area contributed by atoms with E-state index >= 15 is 0 Å². The first kappa shape index (κ1) is 27.4. The number of aromatic nitrogens is 2. The maximum absolute atomic E-state index is 14.2. The lowest BCUT2D eigenvalue weighted by atomic mass is 9.75. The van der Waals surface area contributed by atoms with Crippen molar-refractivity contribution in [2.75, 3.05) is 26.7 Å². The molecule has 4 aliphatic rings. The number of carbonyl (C=O) groups is 3. The highest BCUT2D eigenvalue weighted by molar-refractivity contribution is 6.34. The number of aliphatic hydroxyl groups is 1. The van der Waals surface area contributed by atoms with Crippen LogP contribution in [-0.4, -0.2) is 70.8 Å². The molecule has 2 fully saturated rings. The maximum atomic E-state index is 14.2. The second-order valence-electron chi connectivity index (χ2n) is 12.1. The third-order valence-corrected chi connectivity index (χ3v) is 9.54. The summed E-state index contributed by atoms with van der Waals surface area (Å²) in [5.74, 6) is -0.497. The first-order chi connectivity index (χ1) is 19.3. The summed E-state index contributed by atoms with van der Waals surface area (Å²) in [6, 6.07) is 5.61. The number of esters is 1. The predicted octanol–water partition coefficient (Wildman–Crippen LogP) is 4.20. The zero-order valence-corrected chi connectivity index (χ0v) is 23.7. The SMILES string of the molecule is CN1CCC(OC(=O)C2CCc3c(C4=CCC(C=O)(CO)CC4)nn(C(=O)c4c(Cl)cccc4C4CC4)c3C2)C1. The molecule has 1 N–H and O–H groups in total. The van der Waals surface area contributed by atoms with Crippen molar-refractivity contribution < 1.29 is 24.2 Å². The molecule has 0 spiro atoms. The fourth-order valence-corrected chi connectivity index (χ4v) is 6.78. The van der Waals surface area contributed by atoms with Gasteiger partial charge in [-0.3, -0.25) is 9.59 Å². The van der Waals surface area contributed by atoms with Gasteiger partial charge in [-0.2, -0.15) is 9.78 Å². The van der Waals surface area contributed by atoms with Gasteiger partial charge in [0.2, 0.25) is 0 Å².